The number of rotatable bonds is 4. The van der Waals surface area contributed by atoms with Crippen molar-refractivity contribution in [3.63, 3.8) is 0 Å². The van der Waals surface area contributed by atoms with Gasteiger partial charge in [-0.15, -0.1) is 0 Å². The Morgan fingerprint density at radius 3 is 2.59 bits per heavy atom. The molecule has 2 aliphatic heterocycles. The Labute approximate surface area is 241 Å². The standard InChI is InChI=1S/C32H43ClN2O3S/c1-3-8-23-17-27(33)14-15-29(23)26-20-35-19-25-12-11-22(25)9-6-5-7-10-28(4-2)39(37)34-32(36)24-13-16-31(38-21-26)30(35)18-24/h13-18,22,25-26,28H,3-12,19-21H2,1-2H3,(H,34,36). The highest BCUT2D eigenvalue weighted by atomic mass is 35.5. The maximum atomic E-state index is 13.2. The first-order chi connectivity index (χ1) is 19.0. The Balaban J connectivity index is 1.48. The summed E-state index contributed by atoms with van der Waals surface area (Å²) >= 11 is 6.39. The van der Waals surface area contributed by atoms with Crippen molar-refractivity contribution in [1.29, 1.82) is 0 Å². The van der Waals surface area contributed by atoms with Crippen LogP contribution >= 0.6 is 11.6 Å². The van der Waals surface area contributed by atoms with Gasteiger partial charge in [0.1, 0.15) is 16.7 Å². The summed E-state index contributed by atoms with van der Waals surface area (Å²) in [5.74, 6) is 2.18. The zero-order chi connectivity index (χ0) is 27.4. The van der Waals surface area contributed by atoms with Crippen LogP contribution in [0.3, 0.4) is 0 Å². The first kappa shape index (κ1) is 28.5. The molecule has 5 unspecified atom stereocenters. The number of carbonyl (C=O) groups excluding carboxylic acids is 1. The summed E-state index contributed by atoms with van der Waals surface area (Å²) in [6, 6.07) is 12.0. The van der Waals surface area contributed by atoms with Crippen molar-refractivity contribution >= 4 is 34.2 Å². The minimum Gasteiger partial charge on any atom is -0.491 e. The largest absolute Gasteiger partial charge is 0.491 e. The van der Waals surface area contributed by atoms with Crippen molar-refractivity contribution in [2.75, 3.05) is 24.6 Å². The van der Waals surface area contributed by atoms with Gasteiger partial charge in [-0.2, -0.15) is 0 Å². The van der Waals surface area contributed by atoms with Gasteiger partial charge in [0, 0.05) is 29.6 Å². The van der Waals surface area contributed by atoms with Gasteiger partial charge in [-0.05, 0) is 85.4 Å². The molecule has 39 heavy (non-hydrogen) atoms. The van der Waals surface area contributed by atoms with E-state index in [-0.39, 0.29) is 17.1 Å². The molecule has 5 nitrogen and oxygen atoms in total. The van der Waals surface area contributed by atoms with Crippen LogP contribution in [0.4, 0.5) is 5.69 Å². The lowest BCUT2D eigenvalue weighted by Crippen LogP contribution is -2.40. The van der Waals surface area contributed by atoms with Crippen molar-refractivity contribution in [3.05, 3.63) is 58.1 Å². The van der Waals surface area contributed by atoms with E-state index in [4.69, 9.17) is 16.3 Å². The lowest BCUT2D eigenvalue weighted by molar-refractivity contribution is 0.0982. The number of hydrogen-bond acceptors (Lipinski definition) is 4. The number of aryl methyl sites for hydroxylation is 1. The number of nitrogens with one attached hydrogen (secondary N) is 1. The Bertz CT molecular complexity index is 1190. The Morgan fingerprint density at radius 1 is 1.00 bits per heavy atom. The summed E-state index contributed by atoms with van der Waals surface area (Å²) in [5.41, 5.74) is 4.13. The monoisotopic (exact) mass is 570 g/mol. The zero-order valence-electron chi connectivity index (χ0n) is 23.4. The summed E-state index contributed by atoms with van der Waals surface area (Å²) in [6.07, 6.45) is 11.1. The number of benzene rings is 2. The smallest absolute Gasteiger partial charge is 0.263 e. The third kappa shape index (κ3) is 6.65. The second-order valence-electron chi connectivity index (χ2n) is 11.7. The van der Waals surface area contributed by atoms with Crippen LogP contribution in [0.25, 0.3) is 0 Å². The van der Waals surface area contributed by atoms with Gasteiger partial charge in [0.15, 0.2) is 0 Å². The maximum Gasteiger partial charge on any atom is 0.263 e. The van der Waals surface area contributed by atoms with E-state index in [1.165, 1.54) is 43.2 Å². The van der Waals surface area contributed by atoms with Gasteiger partial charge < -0.3 is 9.64 Å². The molecule has 1 aliphatic carbocycles. The molecular formula is C32H43ClN2O3S. The number of fused-ring (bicyclic) bond motifs is 2. The van der Waals surface area contributed by atoms with Crippen LogP contribution in [0.5, 0.6) is 5.75 Å². The number of hydrogen-bond donors (Lipinski definition) is 1. The molecule has 3 aliphatic rings. The van der Waals surface area contributed by atoms with Crippen LogP contribution in [0, 0.1) is 11.8 Å². The summed E-state index contributed by atoms with van der Waals surface area (Å²) < 4.78 is 22.3. The van der Waals surface area contributed by atoms with Crippen molar-refractivity contribution in [1.82, 2.24) is 4.72 Å². The maximum absolute atomic E-state index is 13.2. The molecule has 0 saturated heterocycles. The van der Waals surface area contributed by atoms with Crippen molar-refractivity contribution in [3.8, 4) is 5.75 Å². The second-order valence-corrected chi connectivity index (χ2v) is 13.6. The van der Waals surface area contributed by atoms with Crippen LogP contribution in [0.15, 0.2) is 36.4 Å². The van der Waals surface area contributed by atoms with Gasteiger partial charge in [-0.3, -0.25) is 9.52 Å². The highest BCUT2D eigenvalue weighted by Crippen LogP contribution is 2.43. The number of anilines is 1. The fourth-order valence-electron chi connectivity index (χ4n) is 6.65. The van der Waals surface area contributed by atoms with Crippen LogP contribution in [-0.2, 0) is 17.4 Å². The molecule has 1 amide bonds. The summed E-state index contributed by atoms with van der Waals surface area (Å²) in [6.45, 7) is 6.66. The predicted octanol–water partition coefficient (Wildman–Crippen LogP) is 7.44. The van der Waals surface area contributed by atoms with E-state index in [1.807, 2.05) is 24.3 Å². The van der Waals surface area contributed by atoms with Gasteiger partial charge >= 0.3 is 0 Å². The molecule has 5 atom stereocenters. The minimum atomic E-state index is -1.39. The summed E-state index contributed by atoms with van der Waals surface area (Å²) in [5, 5.41) is 0.775. The lowest BCUT2D eigenvalue weighted by atomic mass is 9.70. The van der Waals surface area contributed by atoms with E-state index in [0.717, 1.165) is 67.6 Å². The molecule has 0 aromatic heterocycles. The molecule has 2 heterocycles. The molecule has 212 valence electrons. The number of carbonyl (C=O) groups is 1. The average molecular weight is 571 g/mol. The van der Waals surface area contributed by atoms with Gasteiger partial charge in [0.2, 0.25) is 0 Å². The summed E-state index contributed by atoms with van der Waals surface area (Å²) in [7, 11) is -1.39. The third-order valence-electron chi connectivity index (χ3n) is 9.09. The fraction of sp³-hybridized carbons (Fsp3) is 0.594. The number of ether oxygens (including phenoxy) is 1. The zero-order valence-corrected chi connectivity index (χ0v) is 25.0. The van der Waals surface area contributed by atoms with Gasteiger partial charge in [-0.25, -0.2) is 4.21 Å². The predicted molar refractivity (Wildman–Crippen MR) is 161 cm³/mol. The molecule has 1 fully saturated rings. The van der Waals surface area contributed by atoms with Gasteiger partial charge in [0.05, 0.1) is 17.5 Å². The lowest BCUT2D eigenvalue weighted by Gasteiger charge is -2.41. The Hall–Kier alpha value is -2.05. The van der Waals surface area contributed by atoms with Crippen LogP contribution in [0.2, 0.25) is 5.02 Å². The molecule has 2 aromatic carbocycles. The van der Waals surface area contributed by atoms with E-state index < -0.39 is 11.0 Å². The van der Waals surface area contributed by atoms with Crippen molar-refractivity contribution in [2.24, 2.45) is 11.8 Å². The molecule has 5 rings (SSSR count). The average Bonchev–Trinajstić information content (AvgIpc) is 3.09. The highest BCUT2D eigenvalue weighted by Gasteiger charge is 2.35. The normalized spacial score (nSPS) is 27.9. The first-order valence-electron chi connectivity index (χ1n) is 15.0. The molecule has 2 bridgehead atoms. The fourth-order valence-corrected chi connectivity index (χ4v) is 7.99. The van der Waals surface area contributed by atoms with E-state index in [1.54, 1.807) is 0 Å². The Morgan fingerprint density at radius 2 is 1.82 bits per heavy atom. The van der Waals surface area contributed by atoms with Gasteiger partial charge in [0.25, 0.3) is 5.91 Å². The highest BCUT2D eigenvalue weighted by molar-refractivity contribution is 7.84. The SMILES string of the molecule is CCCc1cc(Cl)ccc1C1COc2ccc3cc2N(C1)CC1CCC1CCCCCC(CC)S(=O)NC3=O. The molecule has 1 saturated carbocycles. The molecule has 1 N–H and O–H groups in total. The quantitative estimate of drug-likeness (QED) is 0.415. The minimum absolute atomic E-state index is 0.00332. The molecule has 2 aromatic rings. The van der Waals surface area contributed by atoms with E-state index in [9.17, 15) is 9.00 Å². The van der Waals surface area contributed by atoms with Crippen LogP contribution in [0.1, 0.15) is 99.0 Å². The van der Waals surface area contributed by atoms with Crippen molar-refractivity contribution in [2.45, 2.75) is 89.2 Å². The molecular weight excluding hydrogens is 528 g/mol. The second kappa shape index (κ2) is 13.1. The topological polar surface area (TPSA) is 58.6 Å². The molecule has 0 spiro atoms. The van der Waals surface area contributed by atoms with Crippen LogP contribution < -0.4 is 14.4 Å². The number of amides is 1. The molecule has 7 heteroatoms. The van der Waals surface area contributed by atoms with E-state index in [2.05, 4.69) is 35.6 Å². The summed E-state index contributed by atoms with van der Waals surface area (Å²) in [4.78, 5) is 15.7. The third-order valence-corrected chi connectivity index (χ3v) is 10.9. The van der Waals surface area contributed by atoms with E-state index >= 15 is 0 Å². The molecule has 0 radical (unpaired) electrons. The van der Waals surface area contributed by atoms with Gasteiger partial charge in [-0.1, -0.05) is 63.6 Å². The number of halogens is 1. The van der Waals surface area contributed by atoms with Crippen LogP contribution in [-0.4, -0.2) is 35.1 Å². The van der Waals surface area contributed by atoms with E-state index in [0.29, 0.717) is 18.1 Å². The van der Waals surface area contributed by atoms with Crippen molar-refractivity contribution < 1.29 is 13.7 Å². The Kier molecular flexibility index (Phi) is 9.55. The number of nitrogens with zero attached hydrogens (tertiary/aromatic N) is 1. The first-order valence-corrected chi connectivity index (χ1v) is 16.6.